The van der Waals surface area contributed by atoms with Crippen molar-refractivity contribution >= 4 is 26.6 Å². The Labute approximate surface area is 492 Å². The predicted octanol–water partition coefficient (Wildman–Crippen LogP) is -2.72. The number of hydrogen-bond acceptors (Lipinski definition) is 28. The maximum absolute atomic E-state index is 13.0. The zero-order valence-corrected chi connectivity index (χ0v) is 50.1. The van der Waals surface area contributed by atoms with E-state index in [1.807, 2.05) is 0 Å². The molecule has 85 heavy (non-hydrogen) atoms. The maximum Gasteiger partial charge on any atom is 0.397 e. The van der Waals surface area contributed by atoms with E-state index in [1.54, 1.807) is 6.92 Å². The monoisotopic (exact) mass is 1270 g/mol. The Bertz CT molecular complexity index is 2600. The minimum absolute atomic E-state index is 0.0233. The van der Waals surface area contributed by atoms with E-state index in [4.69, 9.17) is 56.3 Å². The van der Waals surface area contributed by atoms with Gasteiger partial charge in [0.05, 0.1) is 38.6 Å². The number of allylic oxidation sites excluding steroid dienone is 2. The second kappa shape index (κ2) is 25.4. The maximum atomic E-state index is 13.0. The molecule has 0 aromatic rings. The first-order chi connectivity index (χ1) is 39.6. The largest absolute Gasteiger partial charge is 0.397 e. The summed E-state index contributed by atoms with van der Waals surface area (Å²) in [5.74, 6) is 0.441. The molecule has 0 amide bonds. The van der Waals surface area contributed by atoms with Crippen molar-refractivity contribution in [3.05, 3.63) is 11.6 Å². The number of methoxy groups -OCH3 is 1. The fraction of sp³-hybridized carbons (Fsp3) is 0.943. The normalized spacial score (nSPS) is 50.4. The molecule has 0 aromatic heterocycles. The molecule has 12 N–H and O–H groups in total. The van der Waals surface area contributed by atoms with Gasteiger partial charge in [0.1, 0.15) is 110 Å². The van der Waals surface area contributed by atoms with Crippen LogP contribution in [0.2, 0.25) is 0 Å². The van der Waals surface area contributed by atoms with E-state index in [1.165, 1.54) is 12.5 Å². The fourth-order valence-corrected chi connectivity index (χ4v) is 16.6. The van der Waals surface area contributed by atoms with E-state index < -0.39 is 200 Å². The Kier molecular flexibility index (Phi) is 20.2. The van der Waals surface area contributed by atoms with E-state index in [0.29, 0.717) is 19.3 Å². The zero-order valence-electron chi connectivity index (χ0n) is 48.5. The third-order valence-electron chi connectivity index (χ3n) is 20.7. The van der Waals surface area contributed by atoms with Gasteiger partial charge in [0.2, 0.25) is 0 Å². The fourth-order valence-electron chi connectivity index (χ4n) is 15.9. The predicted molar refractivity (Wildman–Crippen MR) is 281 cm³/mol. The van der Waals surface area contributed by atoms with Crippen molar-refractivity contribution < 1.29 is 142 Å². The van der Waals surface area contributed by atoms with Gasteiger partial charge in [-0.15, -0.1) is 0 Å². The van der Waals surface area contributed by atoms with Crippen LogP contribution in [-0.2, 0) is 86.1 Å². The van der Waals surface area contributed by atoms with Crippen molar-refractivity contribution in [1.82, 2.24) is 0 Å². The SMILES string of the molecule is COC1C(O)[C@H](OC2C(O)[C@H](O[C@@H]3C(C)O[C@@H](OC4C(O)[C@H](OS(=O)(=O)O)CO[C@H]4OC4CC[C@]5(C)C6CC[C@]7(C)C(C(C)=O)CCC7(C)C6=CCC5C4(C)C)C(O[C@@H]4OC[C@@H](O)C(O)C4O)C3O)OC(COS(=O)(=O)O)[C@H]2O)OC(CO)[C@H]1O. The number of Topliss-reactive ketones (excluding diaryl/α,β-unsaturated/α-hetero) is 1. The molecule has 8 fully saturated rings. The number of aliphatic hydroxyl groups is 10. The molecule has 3 saturated carbocycles. The Hall–Kier alpha value is -1.69. The molecular formula is C53H86O30S2. The Morgan fingerprint density at radius 1 is 0.624 bits per heavy atom. The highest BCUT2D eigenvalue weighted by Gasteiger charge is 2.67. The molecule has 9 aliphatic rings. The third-order valence-corrected chi connectivity index (χ3v) is 21.6. The van der Waals surface area contributed by atoms with Crippen molar-refractivity contribution in [3.8, 4) is 0 Å². The van der Waals surface area contributed by atoms with Crippen molar-refractivity contribution in [1.29, 1.82) is 0 Å². The average Bonchev–Trinajstić information content (AvgIpc) is 1.73. The lowest BCUT2D eigenvalue weighted by molar-refractivity contribution is -0.403. The van der Waals surface area contributed by atoms with Crippen LogP contribution >= 0.6 is 0 Å². The average molecular weight is 1270 g/mol. The van der Waals surface area contributed by atoms with E-state index in [0.717, 1.165) is 32.8 Å². The van der Waals surface area contributed by atoms with Gasteiger partial charge in [-0.3, -0.25) is 13.9 Å². The van der Waals surface area contributed by atoms with E-state index in [2.05, 4.69) is 44.9 Å². The van der Waals surface area contributed by atoms with Gasteiger partial charge in [0, 0.05) is 13.0 Å². The number of aliphatic hydroxyl groups excluding tert-OH is 10. The summed E-state index contributed by atoms with van der Waals surface area (Å²) in [6, 6.07) is 0. The topological polar surface area (TPSA) is 448 Å². The van der Waals surface area contributed by atoms with Crippen LogP contribution in [0.25, 0.3) is 0 Å². The number of rotatable bonds is 18. The first-order valence-electron chi connectivity index (χ1n) is 28.8. The molecule has 0 aromatic carbocycles. The first-order valence-corrected chi connectivity index (χ1v) is 31.5. The highest BCUT2D eigenvalue weighted by molar-refractivity contribution is 7.81. The quantitative estimate of drug-likeness (QED) is 0.0490. The minimum atomic E-state index is -5.27. The van der Waals surface area contributed by atoms with Crippen LogP contribution in [0.3, 0.4) is 0 Å². The second-order valence-electron chi connectivity index (χ2n) is 25.7. The van der Waals surface area contributed by atoms with Crippen LogP contribution in [0.1, 0.15) is 93.4 Å². The molecule has 30 nitrogen and oxygen atoms in total. The number of carbonyl (C=O) groups is 1. The van der Waals surface area contributed by atoms with Gasteiger partial charge in [-0.2, -0.15) is 16.8 Å². The summed E-state index contributed by atoms with van der Waals surface area (Å²) in [5, 5.41) is 112. The van der Waals surface area contributed by atoms with Crippen molar-refractivity contribution in [2.24, 2.45) is 39.4 Å². The molecule has 490 valence electrons. The number of hydrogen-bond donors (Lipinski definition) is 12. The van der Waals surface area contributed by atoms with Crippen molar-refractivity contribution in [2.75, 3.05) is 33.5 Å². The number of fused-ring (bicyclic) bond motifs is 5. The lowest BCUT2D eigenvalue weighted by atomic mass is 9.41. The molecule has 0 radical (unpaired) electrons. The van der Waals surface area contributed by atoms with Crippen LogP contribution in [0.15, 0.2) is 11.6 Å². The minimum Gasteiger partial charge on any atom is -0.394 e. The van der Waals surface area contributed by atoms with Gasteiger partial charge in [-0.1, -0.05) is 46.3 Å². The summed E-state index contributed by atoms with van der Waals surface area (Å²) < 4.78 is 142. The van der Waals surface area contributed by atoms with Crippen LogP contribution in [0, 0.1) is 39.4 Å². The molecular weight excluding hydrogens is 1180 g/mol. The van der Waals surface area contributed by atoms with Gasteiger partial charge >= 0.3 is 20.8 Å². The third kappa shape index (κ3) is 12.8. The van der Waals surface area contributed by atoms with Gasteiger partial charge in [0.15, 0.2) is 31.5 Å². The second-order valence-corrected chi connectivity index (χ2v) is 27.9. The Balaban J connectivity index is 0.996. The van der Waals surface area contributed by atoms with E-state index in [9.17, 15) is 81.8 Å². The number of ether oxygens (including phenoxy) is 11. The molecule has 4 aliphatic carbocycles. The van der Waals surface area contributed by atoms with Gasteiger partial charge in [-0.25, -0.2) is 8.37 Å². The highest BCUT2D eigenvalue weighted by atomic mass is 32.3. The number of ketones is 1. The van der Waals surface area contributed by atoms with Crippen LogP contribution < -0.4 is 0 Å². The first kappa shape index (κ1) is 67.7. The summed E-state index contributed by atoms with van der Waals surface area (Å²) in [6.07, 6.45) is -35.8. The zero-order chi connectivity index (χ0) is 62.4. The van der Waals surface area contributed by atoms with E-state index >= 15 is 0 Å². The van der Waals surface area contributed by atoms with Gasteiger partial charge in [-0.05, 0) is 92.3 Å². The van der Waals surface area contributed by atoms with Gasteiger partial charge in [0.25, 0.3) is 0 Å². The molecule has 9 rings (SSSR count). The molecule has 30 atom stereocenters. The highest BCUT2D eigenvalue weighted by Crippen LogP contribution is 2.73. The smallest absolute Gasteiger partial charge is 0.394 e. The summed E-state index contributed by atoms with van der Waals surface area (Å²) in [7, 11) is -9.39. The van der Waals surface area contributed by atoms with Crippen molar-refractivity contribution in [3.63, 3.8) is 0 Å². The Morgan fingerprint density at radius 3 is 1.86 bits per heavy atom. The molecule has 5 saturated heterocycles. The number of carbonyl (C=O) groups excluding carboxylic acids is 1. The standard InChI is InChI=1S/C53H86O30S2/c1-21(55)23-11-15-53(7)25-9-10-30-50(3,4)31(13-14-51(30,5)24(25)12-16-52(23,53)6)78-48-43(35(60)29(19-73-48)83-85(68,69)70)82-49-44(81-45-36(61)32(57)26(56)18-72-45)37(62)40(22(2)75-49)79-47-39(64)42(34(59)28(77-47)20-74-84(65,66)67)80-46-38(63)41(71-8)33(58)27(17-54)76-46/h9,22-24,26-49,54,56-64H,10-20H2,1-8H3,(H,65,66,67)(H,68,69,70)/t22?,23?,24?,26-,27?,28?,29-,30?,31?,32?,33-,34-,35?,36?,37?,38?,39?,40-,41?,42?,43?,44?,45+,46+,47+,48+,49+,51-,52-,53?/m1/s1. The van der Waals surface area contributed by atoms with Gasteiger partial charge < -0.3 is 103 Å². The molecule has 5 aliphatic heterocycles. The van der Waals surface area contributed by atoms with Crippen molar-refractivity contribution in [2.45, 2.75) is 241 Å². The summed E-state index contributed by atoms with van der Waals surface area (Å²) in [6.45, 7) is 10.8. The van der Waals surface area contributed by atoms with Crippen LogP contribution in [0.5, 0.6) is 0 Å². The molecule has 5 heterocycles. The summed E-state index contributed by atoms with van der Waals surface area (Å²) in [5.41, 5.74) is 0.226. The summed E-state index contributed by atoms with van der Waals surface area (Å²) in [4.78, 5) is 13.0. The van der Waals surface area contributed by atoms with E-state index in [-0.39, 0.29) is 39.8 Å². The lowest BCUT2D eigenvalue weighted by Crippen LogP contribution is -2.68. The molecule has 18 unspecified atom stereocenters. The van der Waals surface area contributed by atoms with Crippen LogP contribution in [0.4, 0.5) is 0 Å². The summed E-state index contributed by atoms with van der Waals surface area (Å²) >= 11 is 0. The lowest BCUT2D eigenvalue weighted by Gasteiger charge is -2.64. The van der Waals surface area contributed by atoms with Crippen LogP contribution in [-0.4, -0.2) is 264 Å². The molecule has 0 bridgehead atoms. The Morgan fingerprint density at radius 2 is 1.22 bits per heavy atom. The molecule has 0 spiro atoms. The molecule has 32 heteroatoms.